The molecule has 0 aliphatic carbocycles. The maximum Gasteiger partial charge on any atom is 0.230 e. The molecular weight excluding hydrogens is 242 g/mol. The Bertz CT molecular complexity index is 451. The Balaban J connectivity index is 2.19. The third-order valence-corrected chi connectivity index (χ3v) is 2.79. The van der Waals surface area contributed by atoms with E-state index >= 15 is 0 Å². The number of anilines is 2. The van der Waals surface area contributed by atoms with Crippen molar-refractivity contribution >= 4 is 11.9 Å². The largest absolute Gasteiger partial charge is 0.378 e. The van der Waals surface area contributed by atoms with Crippen molar-refractivity contribution in [2.24, 2.45) is 0 Å². The first-order valence-electron chi connectivity index (χ1n) is 6.58. The maximum atomic E-state index is 5.34. The van der Waals surface area contributed by atoms with E-state index in [1.165, 1.54) is 0 Å². The SMILES string of the molecule is C#CCNc1nc(CCC)nc(N2CCOCC2)n1. The summed E-state index contributed by atoms with van der Waals surface area (Å²) in [5.41, 5.74) is 0. The predicted octanol–water partition coefficient (Wildman–Crippen LogP) is 0.706. The Hall–Kier alpha value is -1.87. The fourth-order valence-electron chi connectivity index (χ4n) is 1.86. The van der Waals surface area contributed by atoms with Crippen LogP contribution in [0.5, 0.6) is 0 Å². The van der Waals surface area contributed by atoms with Crippen molar-refractivity contribution in [3.05, 3.63) is 5.82 Å². The van der Waals surface area contributed by atoms with Gasteiger partial charge in [0, 0.05) is 19.5 Å². The van der Waals surface area contributed by atoms with Gasteiger partial charge in [-0.3, -0.25) is 0 Å². The van der Waals surface area contributed by atoms with Gasteiger partial charge in [-0.1, -0.05) is 12.8 Å². The summed E-state index contributed by atoms with van der Waals surface area (Å²) >= 11 is 0. The summed E-state index contributed by atoms with van der Waals surface area (Å²) in [7, 11) is 0. The highest BCUT2D eigenvalue weighted by Gasteiger charge is 2.16. The van der Waals surface area contributed by atoms with Crippen LogP contribution in [0.4, 0.5) is 11.9 Å². The number of terminal acetylenes is 1. The normalized spacial score (nSPS) is 15.1. The zero-order chi connectivity index (χ0) is 13.5. The third-order valence-electron chi connectivity index (χ3n) is 2.79. The summed E-state index contributed by atoms with van der Waals surface area (Å²) < 4.78 is 5.34. The molecule has 0 bridgehead atoms. The van der Waals surface area contributed by atoms with Crippen LogP contribution in [0.25, 0.3) is 0 Å². The van der Waals surface area contributed by atoms with Gasteiger partial charge in [-0.05, 0) is 6.42 Å². The van der Waals surface area contributed by atoms with E-state index < -0.39 is 0 Å². The second-order valence-electron chi connectivity index (χ2n) is 4.28. The lowest BCUT2D eigenvalue weighted by atomic mass is 10.3. The van der Waals surface area contributed by atoms with E-state index in [4.69, 9.17) is 11.2 Å². The van der Waals surface area contributed by atoms with Crippen LogP contribution in [-0.2, 0) is 11.2 Å². The molecule has 19 heavy (non-hydrogen) atoms. The van der Waals surface area contributed by atoms with Crippen LogP contribution >= 0.6 is 0 Å². The number of rotatable bonds is 5. The number of hydrogen-bond acceptors (Lipinski definition) is 6. The lowest BCUT2D eigenvalue weighted by Gasteiger charge is -2.27. The topological polar surface area (TPSA) is 63.2 Å². The molecule has 1 aliphatic rings. The van der Waals surface area contributed by atoms with Gasteiger partial charge in [0.15, 0.2) is 0 Å². The van der Waals surface area contributed by atoms with Crippen LogP contribution in [0.3, 0.4) is 0 Å². The minimum absolute atomic E-state index is 0.415. The fourth-order valence-corrected chi connectivity index (χ4v) is 1.86. The van der Waals surface area contributed by atoms with E-state index in [2.05, 4.69) is 38.0 Å². The zero-order valence-electron chi connectivity index (χ0n) is 11.2. The molecule has 0 radical (unpaired) electrons. The number of nitrogens with one attached hydrogen (secondary N) is 1. The molecule has 1 N–H and O–H groups in total. The molecule has 0 amide bonds. The van der Waals surface area contributed by atoms with Crippen molar-refractivity contribution in [1.29, 1.82) is 0 Å². The summed E-state index contributed by atoms with van der Waals surface area (Å²) in [6.45, 7) is 5.56. The van der Waals surface area contributed by atoms with E-state index in [-0.39, 0.29) is 0 Å². The number of aryl methyl sites for hydroxylation is 1. The minimum atomic E-state index is 0.415. The van der Waals surface area contributed by atoms with Crippen molar-refractivity contribution in [2.75, 3.05) is 43.1 Å². The molecule has 1 aromatic rings. The summed E-state index contributed by atoms with van der Waals surface area (Å²) in [5, 5.41) is 3.02. The van der Waals surface area contributed by atoms with Gasteiger partial charge >= 0.3 is 0 Å². The molecule has 1 fully saturated rings. The van der Waals surface area contributed by atoms with E-state index in [1.807, 2.05) is 0 Å². The Labute approximate surface area is 113 Å². The Morgan fingerprint density at radius 2 is 2.11 bits per heavy atom. The van der Waals surface area contributed by atoms with Crippen molar-refractivity contribution in [3.8, 4) is 12.3 Å². The number of nitrogens with zero attached hydrogens (tertiary/aromatic N) is 4. The van der Waals surface area contributed by atoms with Crippen molar-refractivity contribution < 1.29 is 4.74 Å². The van der Waals surface area contributed by atoms with E-state index in [1.54, 1.807) is 0 Å². The monoisotopic (exact) mass is 261 g/mol. The van der Waals surface area contributed by atoms with Crippen LogP contribution in [0.15, 0.2) is 0 Å². The molecule has 1 aliphatic heterocycles. The van der Waals surface area contributed by atoms with E-state index in [0.29, 0.717) is 31.7 Å². The Morgan fingerprint density at radius 3 is 2.79 bits per heavy atom. The lowest BCUT2D eigenvalue weighted by Crippen LogP contribution is -2.37. The molecule has 2 heterocycles. The zero-order valence-corrected chi connectivity index (χ0v) is 11.2. The molecule has 1 aromatic heterocycles. The molecule has 0 aromatic carbocycles. The first kappa shape index (κ1) is 13.6. The summed E-state index contributed by atoms with van der Waals surface area (Å²) in [6, 6.07) is 0. The molecule has 1 saturated heterocycles. The summed E-state index contributed by atoms with van der Waals surface area (Å²) in [5.74, 6) is 4.59. The average molecular weight is 261 g/mol. The van der Waals surface area contributed by atoms with Gasteiger partial charge in [-0.25, -0.2) is 0 Å². The van der Waals surface area contributed by atoms with Gasteiger partial charge in [0.25, 0.3) is 0 Å². The van der Waals surface area contributed by atoms with Gasteiger partial charge < -0.3 is 15.0 Å². The van der Waals surface area contributed by atoms with Crippen molar-refractivity contribution in [3.63, 3.8) is 0 Å². The molecular formula is C13H19N5O. The molecule has 6 nitrogen and oxygen atoms in total. The van der Waals surface area contributed by atoms with Crippen LogP contribution in [0.2, 0.25) is 0 Å². The Kier molecular flexibility index (Phi) is 4.93. The van der Waals surface area contributed by atoms with E-state index in [9.17, 15) is 0 Å². The van der Waals surface area contributed by atoms with Crippen LogP contribution < -0.4 is 10.2 Å². The number of hydrogen-bond donors (Lipinski definition) is 1. The molecule has 2 rings (SSSR count). The molecule has 0 atom stereocenters. The van der Waals surface area contributed by atoms with Crippen LogP contribution in [0.1, 0.15) is 19.2 Å². The quantitative estimate of drug-likeness (QED) is 0.787. The smallest absolute Gasteiger partial charge is 0.230 e. The first-order chi connectivity index (χ1) is 9.33. The maximum absolute atomic E-state index is 5.34. The van der Waals surface area contributed by atoms with Gasteiger partial charge in [0.05, 0.1) is 19.8 Å². The van der Waals surface area contributed by atoms with Crippen molar-refractivity contribution in [2.45, 2.75) is 19.8 Å². The van der Waals surface area contributed by atoms with Crippen molar-refractivity contribution in [1.82, 2.24) is 15.0 Å². The van der Waals surface area contributed by atoms with Crippen LogP contribution in [-0.4, -0.2) is 47.8 Å². The Morgan fingerprint density at radius 1 is 1.32 bits per heavy atom. The van der Waals surface area contributed by atoms with Gasteiger partial charge in [-0.15, -0.1) is 6.42 Å². The second kappa shape index (κ2) is 6.90. The van der Waals surface area contributed by atoms with Gasteiger partial charge in [0.2, 0.25) is 11.9 Å². The highest BCUT2D eigenvalue weighted by Crippen LogP contribution is 2.13. The molecule has 0 spiro atoms. The molecule has 0 unspecified atom stereocenters. The number of morpholine rings is 1. The van der Waals surface area contributed by atoms with Gasteiger partial charge in [-0.2, -0.15) is 15.0 Å². The average Bonchev–Trinajstić information content (AvgIpc) is 2.46. The minimum Gasteiger partial charge on any atom is -0.378 e. The fraction of sp³-hybridized carbons (Fsp3) is 0.615. The molecule has 102 valence electrons. The summed E-state index contributed by atoms with van der Waals surface area (Å²) in [4.78, 5) is 15.4. The van der Waals surface area contributed by atoms with E-state index in [0.717, 1.165) is 31.8 Å². The lowest BCUT2D eigenvalue weighted by molar-refractivity contribution is 0.122. The first-order valence-corrected chi connectivity index (χ1v) is 6.58. The second-order valence-corrected chi connectivity index (χ2v) is 4.28. The summed E-state index contributed by atoms with van der Waals surface area (Å²) in [6.07, 6.45) is 7.08. The molecule has 6 heteroatoms. The number of ether oxygens (including phenoxy) is 1. The standard InChI is InChI=1S/C13H19N5O/c1-3-5-11-15-12(14-6-4-2)17-13(16-11)18-7-9-19-10-8-18/h2H,3,5-10H2,1H3,(H,14,15,16,17). The predicted molar refractivity (Wildman–Crippen MR) is 74.2 cm³/mol. The highest BCUT2D eigenvalue weighted by molar-refractivity contribution is 5.38. The van der Waals surface area contributed by atoms with Crippen LogP contribution in [0, 0.1) is 12.3 Å². The highest BCUT2D eigenvalue weighted by atomic mass is 16.5. The third kappa shape index (κ3) is 3.80. The number of aromatic nitrogens is 3. The van der Waals surface area contributed by atoms with Gasteiger partial charge in [0.1, 0.15) is 5.82 Å². The molecule has 0 saturated carbocycles.